The molecule has 30 heavy (non-hydrogen) atoms. The molecule has 1 unspecified atom stereocenters. The Morgan fingerprint density at radius 2 is 2.00 bits per heavy atom. The Labute approximate surface area is 173 Å². The maximum Gasteiger partial charge on any atom is 0.350 e. The van der Waals surface area contributed by atoms with Crippen LogP contribution >= 0.6 is 0 Å². The molecule has 0 fully saturated rings. The van der Waals surface area contributed by atoms with Gasteiger partial charge in [-0.3, -0.25) is 4.79 Å². The minimum absolute atomic E-state index is 0.0825. The van der Waals surface area contributed by atoms with Crippen LogP contribution in [0.15, 0.2) is 39.6 Å². The lowest BCUT2D eigenvalue weighted by Gasteiger charge is -2.13. The second-order valence-corrected chi connectivity index (χ2v) is 7.78. The predicted molar refractivity (Wildman–Crippen MR) is 114 cm³/mol. The first-order chi connectivity index (χ1) is 14.3. The maximum atomic E-state index is 13.0. The molecular formula is C22H25N5O3. The van der Waals surface area contributed by atoms with Crippen LogP contribution in [0.25, 0.3) is 16.6 Å². The van der Waals surface area contributed by atoms with Crippen LogP contribution < -0.4 is 11.0 Å². The summed E-state index contributed by atoms with van der Waals surface area (Å²) < 4.78 is 8.20. The van der Waals surface area contributed by atoms with Crippen LogP contribution in [0.2, 0.25) is 0 Å². The van der Waals surface area contributed by atoms with Crippen molar-refractivity contribution in [2.45, 2.75) is 53.1 Å². The van der Waals surface area contributed by atoms with Gasteiger partial charge in [-0.25, -0.2) is 13.9 Å². The number of hydrogen-bond donors (Lipinski definition) is 1. The topological polar surface area (TPSA) is 94.4 Å². The van der Waals surface area contributed by atoms with Crippen molar-refractivity contribution in [1.82, 2.24) is 24.7 Å². The number of hydrogen-bond acceptors (Lipinski definition) is 5. The van der Waals surface area contributed by atoms with Gasteiger partial charge in [0.2, 0.25) is 5.91 Å². The van der Waals surface area contributed by atoms with E-state index in [0.29, 0.717) is 25.0 Å². The van der Waals surface area contributed by atoms with Crippen molar-refractivity contribution in [2.75, 3.05) is 0 Å². The smallest absolute Gasteiger partial charge is 0.350 e. The van der Waals surface area contributed by atoms with Crippen molar-refractivity contribution in [3.05, 3.63) is 63.4 Å². The third-order valence-electron chi connectivity index (χ3n) is 5.38. The number of nitrogens with zero attached hydrogens (tertiary/aromatic N) is 4. The first kappa shape index (κ1) is 19.9. The average Bonchev–Trinajstić information content (AvgIpc) is 3.20. The summed E-state index contributed by atoms with van der Waals surface area (Å²) in [6.07, 6.45) is 0.899. The van der Waals surface area contributed by atoms with Gasteiger partial charge in [0.1, 0.15) is 5.76 Å². The molecule has 0 saturated carbocycles. The number of rotatable bonds is 6. The first-order valence-corrected chi connectivity index (χ1v) is 10.0. The van der Waals surface area contributed by atoms with Crippen molar-refractivity contribution >= 4 is 22.5 Å². The molecule has 3 aromatic heterocycles. The Kier molecular flexibility index (Phi) is 5.15. The molecule has 4 rings (SSSR count). The Morgan fingerprint density at radius 1 is 1.23 bits per heavy atom. The highest BCUT2D eigenvalue weighted by molar-refractivity contribution is 5.83. The Balaban J connectivity index is 1.49. The number of carbonyl (C=O) groups excluding carboxylic acids is 1. The number of pyridine rings is 1. The van der Waals surface area contributed by atoms with Crippen LogP contribution in [0.5, 0.6) is 0 Å². The third kappa shape index (κ3) is 3.60. The second-order valence-electron chi connectivity index (χ2n) is 7.78. The molecule has 4 aromatic rings. The minimum Gasteiger partial charge on any atom is -0.361 e. The molecule has 0 bridgehead atoms. The largest absolute Gasteiger partial charge is 0.361 e. The summed E-state index contributed by atoms with van der Waals surface area (Å²) in [5, 5.41) is 12.4. The van der Waals surface area contributed by atoms with E-state index in [9.17, 15) is 9.59 Å². The van der Waals surface area contributed by atoms with Gasteiger partial charge in [-0.2, -0.15) is 0 Å². The third-order valence-corrected chi connectivity index (χ3v) is 5.38. The molecule has 1 N–H and O–H groups in total. The standard InChI is InChI=1S/C22H25N5O3/c1-13-11-17-7-5-6-8-19(17)27-21(13)24-26(22(27)29)12-14(2)23-20(28)10-9-18-15(3)25-30-16(18)4/h5-8,11,14H,9-10,12H2,1-4H3,(H,23,28). The lowest BCUT2D eigenvalue weighted by molar-refractivity contribution is -0.121. The summed E-state index contributed by atoms with van der Waals surface area (Å²) in [5.41, 5.74) is 3.97. The van der Waals surface area contributed by atoms with Gasteiger partial charge in [-0.15, -0.1) is 5.10 Å². The SMILES string of the molecule is Cc1noc(C)c1CCC(=O)NC(C)Cn1nc2c(C)cc3ccccc3n2c1=O. The number of para-hydroxylation sites is 1. The van der Waals surface area contributed by atoms with Gasteiger partial charge in [0.15, 0.2) is 5.65 Å². The van der Waals surface area contributed by atoms with Crippen molar-refractivity contribution in [3.8, 4) is 0 Å². The first-order valence-electron chi connectivity index (χ1n) is 10.0. The zero-order valence-corrected chi connectivity index (χ0v) is 17.6. The number of aryl methyl sites for hydroxylation is 3. The number of nitrogens with one attached hydrogen (secondary N) is 1. The highest BCUT2D eigenvalue weighted by Gasteiger charge is 2.16. The summed E-state index contributed by atoms with van der Waals surface area (Å²) in [7, 11) is 0. The summed E-state index contributed by atoms with van der Waals surface area (Å²) in [6, 6.07) is 9.53. The zero-order valence-electron chi connectivity index (χ0n) is 17.6. The van der Waals surface area contributed by atoms with Crippen molar-refractivity contribution in [2.24, 2.45) is 0 Å². The maximum absolute atomic E-state index is 13.0. The van der Waals surface area contributed by atoms with Crippen LogP contribution in [0.4, 0.5) is 0 Å². The lowest BCUT2D eigenvalue weighted by atomic mass is 10.1. The van der Waals surface area contributed by atoms with Gasteiger partial charge < -0.3 is 9.84 Å². The van der Waals surface area contributed by atoms with Crippen LogP contribution in [-0.4, -0.2) is 31.3 Å². The lowest BCUT2D eigenvalue weighted by Crippen LogP contribution is -2.38. The summed E-state index contributed by atoms with van der Waals surface area (Å²) >= 11 is 0. The van der Waals surface area contributed by atoms with E-state index in [1.165, 1.54) is 4.68 Å². The molecule has 8 nitrogen and oxygen atoms in total. The number of amides is 1. The molecule has 1 atom stereocenters. The molecule has 0 radical (unpaired) electrons. The second kappa shape index (κ2) is 7.78. The molecular weight excluding hydrogens is 382 g/mol. The normalized spacial score (nSPS) is 12.5. The fraction of sp³-hybridized carbons (Fsp3) is 0.364. The Bertz CT molecular complexity index is 1280. The number of benzene rings is 1. The number of aromatic nitrogens is 4. The summed E-state index contributed by atoms with van der Waals surface area (Å²) in [5.74, 6) is 0.660. The van der Waals surface area contributed by atoms with Crippen molar-refractivity contribution in [3.63, 3.8) is 0 Å². The van der Waals surface area contributed by atoms with E-state index < -0.39 is 0 Å². The van der Waals surface area contributed by atoms with Gasteiger partial charge in [0, 0.05) is 18.0 Å². The highest BCUT2D eigenvalue weighted by Crippen LogP contribution is 2.18. The molecule has 0 spiro atoms. The molecule has 8 heteroatoms. The molecule has 1 amide bonds. The Hall–Kier alpha value is -3.42. The van der Waals surface area contributed by atoms with Crippen LogP contribution in [0.1, 0.15) is 35.9 Å². The fourth-order valence-corrected chi connectivity index (χ4v) is 3.86. The molecule has 1 aromatic carbocycles. The molecule has 3 heterocycles. The molecule has 0 saturated heterocycles. The Morgan fingerprint density at radius 3 is 2.73 bits per heavy atom. The molecule has 156 valence electrons. The molecule has 0 aliphatic heterocycles. The van der Waals surface area contributed by atoms with E-state index in [1.807, 2.05) is 58.0 Å². The summed E-state index contributed by atoms with van der Waals surface area (Å²) in [4.78, 5) is 25.4. The predicted octanol–water partition coefficient (Wildman–Crippen LogP) is 2.70. The van der Waals surface area contributed by atoms with Gasteiger partial charge in [0.25, 0.3) is 0 Å². The monoisotopic (exact) mass is 407 g/mol. The average molecular weight is 407 g/mol. The van der Waals surface area contributed by atoms with E-state index in [-0.39, 0.29) is 17.6 Å². The van der Waals surface area contributed by atoms with Crippen LogP contribution in [-0.2, 0) is 17.8 Å². The highest BCUT2D eigenvalue weighted by atomic mass is 16.5. The van der Waals surface area contributed by atoms with E-state index in [0.717, 1.165) is 33.5 Å². The van der Waals surface area contributed by atoms with Gasteiger partial charge in [-0.1, -0.05) is 23.4 Å². The van der Waals surface area contributed by atoms with Crippen molar-refractivity contribution < 1.29 is 9.32 Å². The van der Waals surface area contributed by atoms with E-state index in [1.54, 1.807) is 4.40 Å². The zero-order chi connectivity index (χ0) is 21.4. The van der Waals surface area contributed by atoms with Crippen molar-refractivity contribution in [1.29, 1.82) is 0 Å². The quantitative estimate of drug-likeness (QED) is 0.530. The van der Waals surface area contributed by atoms with Gasteiger partial charge in [0.05, 0.1) is 17.8 Å². The minimum atomic E-state index is -0.239. The van der Waals surface area contributed by atoms with Crippen LogP contribution in [0.3, 0.4) is 0 Å². The number of fused-ring (bicyclic) bond motifs is 3. The number of carbonyl (C=O) groups is 1. The van der Waals surface area contributed by atoms with E-state index >= 15 is 0 Å². The van der Waals surface area contributed by atoms with E-state index in [4.69, 9.17) is 4.52 Å². The molecule has 0 aliphatic carbocycles. The van der Waals surface area contributed by atoms with Crippen LogP contribution in [0, 0.1) is 20.8 Å². The summed E-state index contributed by atoms with van der Waals surface area (Å²) in [6.45, 7) is 7.82. The fourth-order valence-electron chi connectivity index (χ4n) is 3.86. The molecule has 0 aliphatic rings. The van der Waals surface area contributed by atoms with Gasteiger partial charge in [-0.05, 0) is 57.2 Å². The van der Waals surface area contributed by atoms with Gasteiger partial charge >= 0.3 is 5.69 Å². The van der Waals surface area contributed by atoms with E-state index in [2.05, 4.69) is 15.6 Å².